The number of nitriles is 1. The Morgan fingerprint density at radius 1 is 1.33 bits per heavy atom. The van der Waals surface area contributed by atoms with Gasteiger partial charge in [-0.1, -0.05) is 18.2 Å². The average molecular weight is 326 g/mol. The van der Waals surface area contributed by atoms with Crippen molar-refractivity contribution in [3.63, 3.8) is 0 Å². The van der Waals surface area contributed by atoms with Crippen LogP contribution in [0.2, 0.25) is 0 Å². The molecule has 1 aromatic carbocycles. The maximum absolute atomic E-state index is 14.4. The molecule has 0 saturated carbocycles. The van der Waals surface area contributed by atoms with Gasteiger partial charge < -0.3 is 5.73 Å². The maximum atomic E-state index is 14.4. The third-order valence-electron chi connectivity index (χ3n) is 4.50. The largest absolute Gasteiger partial charge is 0.383 e. The number of allylic oxidation sites excluding steroid dienone is 3. The van der Waals surface area contributed by atoms with Crippen LogP contribution in [-0.4, -0.2) is 29.9 Å². The molecule has 0 amide bonds. The molecule has 2 aliphatic rings. The Morgan fingerprint density at radius 3 is 2.67 bits per heavy atom. The van der Waals surface area contributed by atoms with E-state index in [1.165, 1.54) is 6.07 Å². The van der Waals surface area contributed by atoms with Crippen LogP contribution in [0.5, 0.6) is 0 Å². The van der Waals surface area contributed by atoms with Gasteiger partial charge in [0.25, 0.3) is 0 Å². The summed E-state index contributed by atoms with van der Waals surface area (Å²) < 4.78 is 14.4. The summed E-state index contributed by atoms with van der Waals surface area (Å²) in [6.07, 6.45) is 1.80. The van der Waals surface area contributed by atoms with E-state index < -0.39 is 11.7 Å². The van der Waals surface area contributed by atoms with Gasteiger partial charge in [0.15, 0.2) is 5.78 Å². The summed E-state index contributed by atoms with van der Waals surface area (Å²) in [5.41, 5.74) is 8.02. The van der Waals surface area contributed by atoms with Crippen molar-refractivity contribution < 1.29 is 9.18 Å². The van der Waals surface area contributed by atoms with Crippen LogP contribution in [0, 0.1) is 17.1 Å². The molecule has 0 aromatic heterocycles. The molecule has 6 heteroatoms. The van der Waals surface area contributed by atoms with Gasteiger partial charge in [-0.05, 0) is 18.9 Å². The Kier molecular flexibility index (Phi) is 4.12. The number of benzene rings is 1. The predicted molar refractivity (Wildman–Crippen MR) is 87.4 cm³/mol. The van der Waals surface area contributed by atoms with Crippen LogP contribution in [0.25, 0.3) is 0 Å². The minimum atomic E-state index is -0.741. The third kappa shape index (κ3) is 2.38. The van der Waals surface area contributed by atoms with Crippen molar-refractivity contribution >= 4 is 5.78 Å². The highest BCUT2D eigenvalue weighted by atomic mass is 19.1. The Labute approximate surface area is 140 Å². The first-order valence-electron chi connectivity index (χ1n) is 7.85. The minimum absolute atomic E-state index is 0.0448. The molecule has 2 N–H and O–H groups in total. The van der Waals surface area contributed by atoms with E-state index in [2.05, 4.69) is 6.07 Å². The van der Waals surface area contributed by atoms with Crippen LogP contribution in [0.4, 0.5) is 4.39 Å². The number of ketones is 1. The SMILES string of the molecule is CN(C)N1C(N)=C(C#N)[C@H](c2ccccc2F)C2=C1CCCC2=O. The van der Waals surface area contributed by atoms with Crippen molar-refractivity contribution in [2.75, 3.05) is 14.1 Å². The number of carbonyl (C=O) groups is 1. The molecule has 1 heterocycles. The molecular formula is C18H19FN4O. The van der Waals surface area contributed by atoms with Crippen LogP contribution < -0.4 is 5.73 Å². The molecule has 0 saturated heterocycles. The van der Waals surface area contributed by atoms with E-state index in [1.807, 2.05) is 0 Å². The number of hydrogen-bond acceptors (Lipinski definition) is 5. The second kappa shape index (κ2) is 6.10. The zero-order chi connectivity index (χ0) is 17.4. The zero-order valence-electron chi connectivity index (χ0n) is 13.7. The number of nitrogens with two attached hydrogens (primary N) is 1. The van der Waals surface area contributed by atoms with E-state index in [4.69, 9.17) is 5.73 Å². The predicted octanol–water partition coefficient (Wildman–Crippen LogP) is 2.40. The average Bonchev–Trinajstić information content (AvgIpc) is 2.54. The maximum Gasteiger partial charge on any atom is 0.161 e. The molecule has 1 atom stereocenters. The molecule has 0 unspecified atom stereocenters. The number of Topliss-reactive ketones (excluding diaryl/α,β-unsaturated/α-hetero) is 1. The number of halogens is 1. The van der Waals surface area contributed by atoms with E-state index in [1.54, 1.807) is 42.3 Å². The molecule has 0 spiro atoms. The van der Waals surface area contributed by atoms with Crippen molar-refractivity contribution in [1.29, 1.82) is 5.26 Å². The van der Waals surface area contributed by atoms with Crippen LogP contribution in [-0.2, 0) is 4.79 Å². The fourth-order valence-corrected chi connectivity index (χ4v) is 3.54. The number of nitrogens with zero attached hydrogens (tertiary/aromatic N) is 3. The van der Waals surface area contributed by atoms with Gasteiger partial charge in [0.05, 0.1) is 17.6 Å². The van der Waals surface area contributed by atoms with Crippen LogP contribution in [0.15, 0.2) is 46.9 Å². The lowest BCUT2D eigenvalue weighted by Crippen LogP contribution is -2.45. The summed E-state index contributed by atoms with van der Waals surface area (Å²) in [5.74, 6) is -0.970. The third-order valence-corrected chi connectivity index (χ3v) is 4.50. The molecule has 124 valence electrons. The van der Waals surface area contributed by atoms with Crippen LogP contribution >= 0.6 is 0 Å². The van der Waals surface area contributed by atoms with Crippen molar-refractivity contribution in [3.8, 4) is 6.07 Å². The summed E-state index contributed by atoms with van der Waals surface area (Å²) in [7, 11) is 3.60. The molecule has 5 nitrogen and oxygen atoms in total. The Morgan fingerprint density at radius 2 is 2.04 bits per heavy atom. The van der Waals surface area contributed by atoms with Crippen molar-refractivity contribution in [1.82, 2.24) is 10.0 Å². The first-order valence-corrected chi connectivity index (χ1v) is 7.85. The highest BCUT2D eigenvalue weighted by Gasteiger charge is 2.41. The Hall–Kier alpha value is -2.65. The summed E-state index contributed by atoms with van der Waals surface area (Å²) in [6, 6.07) is 8.35. The van der Waals surface area contributed by atoms with Gasteiger partial charge in [-0.25, -0.2) is 9.40 Å². The van der Waals surface area contributed by atoms with E-state index in [-0.39, 0.29) is 17.2 Å². The van der Waals surface area contributed by atoms with Gasteiger partial charge in [0.2, 0.25) is 0 Å². The highest BCUT2D eigenvalue weighted by molar-refractivity contribution is 5.99. The quantitative estimate of drug-likeness (QED) is 0.903. The standard InChI is InChI=1S/C18H19FN4O/c1-22(2)23-14-8-5-9-15(24)17(14)16(12(10-20)18(23)21)11-6-3-4-7-13(11)19/h3-4,6-7,16H,5,8-9,21H2,1-2H3/t16-/m0/s1. The molecule has 1 aromatic rings. The Bertz CT molecular complexity index is 803. The van der Waals surface area contributed by atoms with Gasteiger partial charge in [0, 0.05) is 37.3 Å². The number of hydrogen-bond donors (Lipinski definition) is 1. The monoisotopic (exact) mass is 326 g/mol. The van der Waals surface area contributed by atoms with Crippen LogP contribution in [0.3, 0.4) is 0 Å². The molecule has 3 rings (SSSR count). The summed E-state index contributed by atoms with van der Waals surface area (Å²) in [5, 5.41) is 13.1. The number of rotatable bonds is 2. The van der Waals surface area contributed by atoms with Gasteiger partial charge >= 0.3 is 0 Å². The lowest BCUT2D eigenvalue weighted by atomic mass is 9.76. The number of hydrazine groups is 1. The highest BCUT2D eigenvalue weighted by Crippen LogP contribution is 2.45. The lowest BCUT2D eigenvalue weighted by Gasteiger charge is -2.42. The van der Waals surface area contributed by atoms with E-state index in [0.29, 0.717) is 24.0 Å². The van der Waals surface area contributed by atoms with Gasteiger partial charge in [-0.3, -0.25) is 9.80 Å². The molecule has 1 aliphatic carbocycles. The molecule has 0 bridgehead atoms. The number of carbonyl (C=O) groups excluding carboxylic acids is 1. The minimum Gasteiger partial charge on any atom is -0.383 e. The summed E-state index contributed by atoms with van der Waals surface area (Å²) in [6.45, 7) is 0. The fraction of sp³-hybridized carbons (Fsp3) is 0.333. The van der Waals surface area contributed by atoms with Crippen LogP contribution in [0.1, 0.15) is 30.7 Å². The van der Waals surface area contributed by atoms with Gasteiger partial charge in [-0.2, -0.15) is 5.26 Å². The summed E-state index contributed by atoms with van der Waals surface area (Å²) >= 11 is 0. The second-order valence-corrected chi connectivity index (χ2v) is 6.16. The molecule has 24 heavy (non-hydrogen) atoms. The van der Waals surface area contributed by atoms with Crippen molar-refractivity contribution in [2.24, 2.45) is 5.73 Å². The normalized spacial score (nSPS) is 21.2. The van der Waals surface area contributed by atoms with Gasteiger partial charge in [-0.15, -0.1) is 0 Å². The van der Waals surface area contributed by atoms with E-state index in [0.717, 1.165) is 12.1 Å². The zero-order valence-corrected chi connectivity index (χ0v) is 13.7. The van der Waals surface area contributed by atoms with E-state index >= 15 is 0 Å². The summed E-state index contributed by atoms with van der Waals surface area (Å²) in [4.78, 5) is 12.7. The van der Waals surface area contributed by atoms with Crippen molar-refractivity contribution in [2.45, 2.75) is 25.2 Å². The molecule has 0 fully saturated rings. The fourth-order valence-electron chi connectivity index (χ4n) is 3.54. The van der Waals surface area contributed by atoms with Gasteiger partial charge in [0.1, 0.15) is 11.6 Å². The Balaban J connectivity index is 2.30. The molecule has 1 aliphatic heterocycles. The van der Waals surface area contributed by atoms with E-state index in [9.17, 15) is 14.4 Å². The van der Waals surface area contributed by atoms with Crippen molar-refractivity contribution in [3.05, 3.63) is 58.3 Å². The first-order chi connectivity index (χ1) is 11.5. The molecular weight excluding hydrogens is 307 g/mol. The smallest absolute Gasteiger partial charge is 0.161 e. The molecule has 0 radical (unpaired) electrons. The second-order valence-electron chi connectivity index (χ2n) is 6.16. The topological polar surface area (TPSA) is 73.4 Å². The lowest BCUT2D eigenvalue weighted by molar-refractivity contribution is -0.116. The first kappa shape index (κ1) is 16.2.